The highest BCUT2D eigenvalue weighted by molar-refractivity contribution is 5.63. The van der Waals surface area contributed by atoms with Gasteiger partial charge in [-0.15, -0.1) is 0 Å². The van der Waals surface area contributed by atoms with Gasteiger partial charge in [-0.2, -0.15) is 13.2 Å². The molecule has 0 atom stereocenters. The van der Waals surface area contributed by atoms with Crippen molar-refractivity contribution in [2.24, 2.45) is 0 Å². The molecule has 2 aromatic carbocycles. The molecule has 0 amide bonds. The highest BCUT2D eigenvalue weighted by atomic mass is 19.4. The third kappa shape index (κ3) is 3.34. The van der Waals surface area contributed by atoms with Gasteiger partial charge in [-0.05, 0) is 16.7 Å². The molecule has 3 heteroatoms. The fourth-order valence-corrected chi connectivity index (χ4v) is 1.59. The lowest BCUT2D eigenvalue weighted by atomic mass is 10.0. The van der Waals surface area contributed by atoms with Crippen molar-refractivity contribution >= 4 is 0 Å². The van der Waals surface area contributed by atoms with Crippen LogP contribution in [0, 0.1) is 6.42 Å². The van der Waals surface area contributed by atoms with Crippen LogP contribution < -0.4 is 0 Å². The molecule has 0 aromatic heterocycles. The van der Waals surface area contributed by atoms with E-state index >= 15 is 0 Å². The third-order valence-corrected chi connectivity index (χ3v) is 2.35. The van der Waals surface area contributed by atoms with Gasteiger partial charge in [0.1, 0.15) is 0 Å². The van der Waals surface area contributed by atoms with E-state index in [4.69, 9.17) is 0 Å². The second kappa shape index (κ2) is 4.62. The quantitative estimate of drug-likeness (QED) is 0.720. The Bertz CT molecular complexity index is 469. The van der Waals surface area contributed by atoms with Crippen LogP contribution in [0.5, 0.6) is 0 Å². The highest BCUT2D eigenvalue weighted by Crippen LogP contribution is 2.25. The van der Waals surface area contributed by atoms with Crippen LogP contribution in [0.4, 0.5) is 13.2 Å². The molecule has 0 N–H and O–H groups in total. The zero-order valence-corrected chi connectivity index (χ0v) is 8.91. The first-order valence-corrected chi connectivity index (χ1v) is 5.13. The molecule has 87 valence electrons. The first-order chi connectivity index (χ1) is 8.04. The fourth-order valence-electron chi connectivity index (χ4n) is 1.59. The van der Waals surface area contributed by atoms with Crippen LogP contribution in [0.15, 0.2) is 54.6 Å². The van der Waals surface area contributed by atoms with E-state index in [2.05, 4.69) is 0 Å². The Hall–Kier alpha value is -1.77. The predicted molar refractivity (Wildman–Crippen MR) is 61.3 cm³/mol. The summed E-state index contributed by atoms with van der Waals surface area (Å²) in [5.74, 6) is 0. The summed E-state index contributed by atoms with van der Waals surface area (Å²) in [5, 5.41) is 0. The standard InChI is InChI=1S/C14H10F3/c15-14(16,17)10-11-6-8-13(9-7-11)12-4-2-1-3-5-12/h1-10H. The monoisotopic (exact) mass is 235 g/mol. The number of rotatable bonds is 2. The minimum Gasteiger partial charge on any atom is -0.170 e. The third-order valence-electron chi connectivity index (χ3n) is 2.35. The van der Waals surface area contributed by atoms with Crippen molar-refractivity contribution in [3.63, 3.8) is 0 Å². The molecule has 1 radical (unpaired) electrons. The number of hydrogen-bond donors (Lipinski definition) is 0. The van der Waals surface area contributed by atoms with E-state index in [1.165, 1.54) is 12.1 Å². The molecular weight excluding hydrogens is 225 g/mol. The summed E-state index contributed by atoms with van der Waals surface area (Å²) < 4.78 is 36.3. The van der Waals surface area contributed by atoms with Crippen LogP contribution in [0.1, 0.15) is 5.56 Å². The molecule has 2 rings (SSSR count). The summed E-state index contributed by atoms with van der Waals surface area (Å²) in [5.41, 5.74) is 2.06. The van der Waals surface area contributed by atoms with Gasteiger partial charge in [0, 0.05) is 0 Å². The van der Waals surface area contributed by atoms with Crippen LogP contribution in [0.2, 0.25) is 0 Å². The summed E-state index contributed by atoms with van der Waals surface area (Å²) in [6.45, 7) is 0. The van der Waals surface area contributed by atoms with Gasteiger partial charge in [-0.25, -0.2) is 0 Å². The van der Waals surface area contributed by atoms with Crippen LogP contribution >= 0.6 is 0 Å². The fraction of sp³-hybridized carbons (Fsp3) is 0.0714. The van der Waals surface area contributed by atoms with Gasteiger partial charge < -0.3 is 0 Å². The lowest BCUT2D eigenvalue weighted by Crippen LogP contribution is -2.08. The molecule has 2 aromatic rings. The molecule has 0 fully saturated rings. The van der Waals surface area contributed by atoms with Crippen LogP contribution in [-0.2, 0) is 0 Å². The van der Waals surface area contributed by atoms with Crippen molar-refractivity contribution < 1.29 is 13.2 Å². The van der Waals surface area contributed by atoms with Crippen molar-refractivity contribution in [1.82, 2.24) is 0 Å². The van der Waals surface area contributed by atoms with Gasteiger partial charge >= 0.3 is 6.18 Å². The Labute approximate surface area is 97.7 Å². The smallest absolute Gasteiger partial charge is 0.170 e. The van der Waals surface area contributed by atoms with Crippen molar-refractivity contribution in [3.05, 3.63) is 66.6 Å². The summed E-state index contributed by atoms with van der Waals surface area (Å²) in [7, 11) is 0. The van der Waals surface area contributed by atoms with Gasteiger partial charge in [0.2, 0.25) is 0 Å². The van der Waals surface area contributed by atoms with Crippen molar-refractivity contribution in [3.8, 4) is 11.1 Å². The lowest BCUT2D eigenvalue weighted by molar-refractivity contribution is -0.0927. The molecule has 0 aliphatic rings. The summed E-state index contributed by atoms with van der Waals surface area (Å²) >= 11 is 0. The van der Waals surface area contributed by atoms with Gasteiger partial charge in [0.05, 0.1) is 6.42 Å². The van der Waals surface area contributed by atoms with Crippen LogP contribution in [-0.4, -0.2) is 6.18 Å². The molecule has 0 unspecified atom stereocenters. The predicted octanol–water partition coefficient (Wildman–Crippen LogP) is 4.47. The van der Waals surface area contributed by atoms with Gasteiger partial charge in [0.25, 0.3) is 0 Å². The van der Waals surface area contributed by atoms with Crippen molar-refractivity contribution in [2.45, 2.75) is 6.18 Å². The van der Waals surface area contributed by atoms with E-state index in [-0.39, 0.29) is 5.56 Å². The number of benzene rings is 2. The molecule has 0 heterocycles. The average molecular weight is 235 g/mol. The molecule has 17 heavy (non-hydrogen) atoms. The first-order valence-electron chi connectivity index (χ1n) is 5.13. The normalized spacial score (nSPS) is 11.5. The molecule has 0 aliphatic heterocycles. The summed E-state index contributed by atoms with van der Waals surface area (Å²) in [6.07, 6.45) is -3.98. The van der Waals surface area contributed by atoms with E-state index in [1.54, 1.807) is 12.1 Å². The Morgan fingerprint density at radius 3 is 1.76 bits per heavy atom. The number of hydrogen-bond acceptors (Lipinski definition) is 0. The van der Waals surface area contributed by atoms with E-state index in [0.29, 0.717) is 6.42 Å². The number of alkyl halides is 3. The minimum absolute atomic E-state index is 0.164. The second-order valence-corrected chi connectivity index (χ2v) is 3.67. The van der Waals surface area contributed by atoms with E-state index in [1.807, 2.05) is 30.3 Å². The maximum Gasteiger partial charge on any atom is 0.396 e. The Morgan fingerprint density at radius 1 is 0.706 bits per heavy atom. The van der Waals surface area contributed by atoms with Crippen LogP contribution in [0.25, 0.3) is 11.1 Å². The summed E-state index contributed by atoms with van der Waals surface area (Å²) in [4.78, 5) is 0. The van der Waals surface area contributed by atoms with Crippen LogP contribution in [0.3, 0.4) is 0 Å². The Balaban J connectivity index is 2.19. The molecule has 0 spiro atoms. The zero-order valence-electron chi connectivity index (χ0n) is 8.91. The Kier molecular flexibility index (Phi) is 3.18. The van der Waals surface area contributed by atoms with E-state index in [9.17, 15) is 13.2 Å². The molecule has 0 saturated carbocycles. The Morgan fingerprint density at radius 2 is 1.24 bits per heavy atom. The second-order valence-electron chi connectivity index (χ2n) is 3.67. The summed E-state index contributed by atoms with van der Waals surface area (Å²) in [6, 6.07) is 15.8. The molecular formula is C14H10F3. The van der Waals surface area contributed by atoms with Crippen molar-refractivity contribution in [1.29, 1.82) is 0 Å². The van der Waals surface area contributed by atoms with Crippen molar-refractivity contribution in [2.75, 3.05) is 0 Å². The SMILES string of the molecule is FC(F)(F)[CH]c1ccc(-c2ccccc2)cc1. The lowest BCUT2D eigenvalue weighted by Gasteiger charge is -2.06. The van der Waals surface area contributed by atoms with Gasteiger partial charge in [-0.3, -0.25) is 0 Å². The topological polar surface area (TPSA) is 0 Å². The molecule has 0 saturated heterocycles. The first kappa shape index (κ1) is 11.7. The minimum atomic E-state index is -4.27. The average Bonchev–Trinajstić information content (AvgIpc) is 2.29. The van der Waals surface area contributed by atoms with Gasteiger partial charge in [0.15, 0.2) is 0 Å². The largest absolute Gasteiger partial charge is 0.396 e. The van der Waals surface area contributed by atoms with E-state index in [0.717, 1.165) is 11.1 Å². The van der Waals surface area contributed by atoms with Gasteiger partial charge in [-0.1, -0.05) is 54.6 Å². The number of halogens is 3. The zero-order chi connectivity index (χ0) is 12.3. The van der Waals surface area contributed by atoms with E-state index < -0.39 is 6.18 Å². The molecule has 0 bridgehead atoms. The maximum atomic E-state index is 12.1. The highest BCUT2D eigenvalue weighted by Gasteiger charge is 2.27. The maximum absolute atomic E-state index is 12.1. The molecule has 0 aliphatic carbocycles. The molecule has 0 nitrogen and oxygen atoms in total.